The Hall–Kier alpha value is -2.29. The van der Waals surface area contributed by atoms with Crippen LogP contribution >= 0.6 is 0 Å². The minimum absolute atomic E-state index is 0.225. The number of benzene rings is 2. The minimum atomic E-state index is -0.904. The summed E-state index contributed by atoms with van der Waals surface area (Å²) in [5.74, 6) is -0.0258. The molecular formula is C21H26O3. The standard InChI is InChI=1S/C21H26O3/c1-3-4-5-6-7-16(2)24-20-14-12-18(13-15-20)17-8-10-19(11-9-17)21(22)23/h8-16H,3-7H2,1-2H3,(H,22,23). The molecule has 3 nitrogen and oxygen atoms in total. The summed E-state index contributed by atoms with van der Waals surface area (Å²) in [7, 11) is 0. The van der Waals surface area contributed by atoms with Crippen LogP contribution in [-0.2, 0) is 0 Å². The highest BCUT2D eigenvalue weighted by Crippen LogP contribution is 2.24. The van der Waals surface area contributed by atoms with Gasteiger partial charge in [0.1, 0.15) is 5.75 Å². The molecule has 1 atom stereocenters. The average molecular weight is 326 g/mol. The number of rotatable bonds is 9. The topological polar surface area (TPSA) is 46.5 Å². The molecule has 24 heavy (non-hydrogen) atoms. The largest absolute Gasteiger partial charge is 0.491 e. The van der Waals surface area contributed by atoms with E-state index in [1.54, 1.807) is 12.1 Å². The zero-order chi connectivity index (χ0) is 17.4. The molecule has 2 aromatic carbocycles. The highest BCUT2D eigenvalue weighted by Gasteiger charge is 2.06. The molecular weight excluding hydrogens is 300 g/mol. The Morgan fingerprint density at radius 1 is 0.958 bits per heavy atom. The Balaban J connectivity index is 1.91. The zero-order valence-corrected chi connectivity index (χ0v) is 14.5. The van der Waals surface area contributed by atoms with E-state index in [9.17, 15) is 4.79 Å². The number of carboxylic acid groups (broad SMARTS) is 1. The molecule has 0 aromatic heterocycles. The van der Waals surface area contributed by atoms with Crippen molar-refractivity contribution in [2.45, 2.75) is 52.1 Å². The van der Waals surface area contributed by atoms with Gasteiger partial charge < -0.3 is 9.84 Å². The molecule has 3 heteroatoms. The summed E-state index contributed by atoms with van der Waals surface area (Å²) in [6.07, 6.45) is 6.34. The second-order valence-corrected chi connectivity index (χ2v) is 6.18. The number of carboxylic acids is 1. The SMILES string of the molecule is CCCCCCC(C)Oc1ccc(-c2ccc(C(=O)O)cc2)cc1. The van der Waals surface area contributed by atoms with Crippen molar-refractivity contribution in [3.05, 3.63) is 54.1 Å². The van der Waals surface area contributed by atoms with E-state index < -0.39 is 5.97 Å². The van der Waals surface area contributed by atoms with Gasteiger partial charge in [0, 0.05) is 0 Å². The molecule has 0 heterocycles. The minimum Gasteiger partial charge on any atom is -0.491 e. The summed E-state index contributed by atoms with van der Waals surface area (Å²) < 4.78 is 5.96. The van der Waals surface area contributed by atoms with Gasteiger partial charge in [-0.2, -0.15) is 0 Å². The highest BCUT2D eigenvalue weighted by atomic mass is 16.5. The third-order valence-corrected chi connectivity index (χ3v) is 4.12. The molecule has 0 fully saturated rings. The smallest absolute Gasteiger partial charge is 0.335 e. The quantitative estimate of drug-likeness (QED) is 0.593. The molecule has 128 valence electrons. The Bertz CT molecular complexity index is 629. The first-order valence-corrected chi connectivity index (χ1v) is 8.70. The maximum atomic E-state index is 10.9. The molecule has 0 aliphatic carbocycles. The van der Waals surface area contributed by atoms with E-state index in [2.05, 4.69) is 13.8 Å². The second-order valence-electron chi connectivity index (χ2n) is 6.18. The summed E-state index contributed by atoms with van der Waals surface area (Å²) in [5, 5.41) is 8.94. The van der Waals surface area contributed by atoms with Crippen molar-refractivity contribution >= 4 is 5.97 Å². The van der Waals surface area contributed by atoms with Crippen molar-refractivity contribution in [1.29, 1.82) is 0 Å². The van der Waals surface area contributed by atoms with Gasteiger partial charge in [-0.1, -0.05) is 50.5 Å². The molecule has 0 aliphatic rings. The number of aromatic carboxylic acids is 1. The van der Waals surface area contributed by atoms with Crippen LogP contribution < -0.4 is 4.74 Å². The number of hydrogen-bond donors (Lipinski definition) is 1. The Morgan fingerprint density at radius 2 is 1.54 bits per heavy atom. The van der Waals surface area contributed by atoms with Crippen LogP contribution in [0.1, 0.15) is 56.3 Å². The van der Waals surface area contributed by atoms with Gasteiger partial charge >= 0.3 is 5.97 Å². The van der Waals surface area contributed by atoms with E-state index in [0.29, 0.717) is 5.56 Å². The average Bonchev–Trinajstić information content (AvgIpc) is 2.59. The van der Waals surface area contributed by atoms with E-state index in [-0.39, 0.29) is 6.10 Å². The predicted molar refractivity (Wildman–Crippen MR) is 97.7 cm³/mol. The lowest BCUT2D eigenvalue weighted by atomic mass is 10.0. The molecule has 0 amide bonds. The Morgan fingerprint density at radius 3 is 2.08 bits per heavy atom. The highest BCUT2D eigenvalue weighted by molar-refractivity contribution is 5.88. The predicted octanol–water partition coefficient (Wildman–Crippen LogP) is 5.79. The first-order chi connectivity index (χ1) is 11.6. The molecule has 2 rings (SSSR count). The zero-order valence-electron chi connectivity index (χ0n) is 14.5. The van der Waals surface area contributed by atoms with Crippen LogP contribution in [0.25, 0.3) is 11.1 Å². The van der Waals surface area contributed by atoms with Crippen molar-refractivity contribution in [2.24, 2.45) is 0 Å². The number of ether oxygens (including phenoxy) is 1. The van der Waals surface area contributed by atoms with Crippen molar-refractivity contribution in [3.8, 4) is 16.9 Å². The normalized spacial score (nSPS) is 11.9. The van der Waals surface area contributed by atoms with Crippen LogP contribution in [-0.4, -0.2) is 17.2 Å². The fourth-order valence-corrected chi connectivity index (χ4v) is 2.68. The van der Waals surface area contributed by atoms with Gasteiger partial charge in [-0.3, -0.25) is 0 Å². The van der Waals surface area contributed by atoms with E-state index in [1.807, 2.05) is 36.4 Å². The first-order valence-electron chi connectivity index (χ1n) is 8.70. The van der Waals surface area contributed by atoms with Crippen LogP contribution in [0, 0.1) is 0 Å². The number of hydrogen-bond acceptors (Lipinski definition) is 2. The molecule has 0 aliphatic heterocycles. The summed E-state index contributed by atoms with van der Waals surface area (Å²) in [5.41, 5.74) is 2.35. The van der Waals surface area contributed by atoms with Crippen LogP contribution in [0.5, 0.6) is 5.75 Å². The fourth-order valence-electron chi connectivity index (χ4n) is 2.68. The maximum Gasteiger partial charge on any atom is 0.335 e. The molecule has 2 aromatic rings. The molecule has 0 spiro atoms. The van der Waals surface area contributed by atoms with Gasteiger partial charge in [-0.15, -0.1) is 0 Å². The lowest BCUT2D eigenvalue weighted by molar-refractivity contribution is 0.0697. The molecule has 1 unspecified atom stereocenters. The van der Waals surface area contributed by atoms with Crippen molar-refractivity contribution in [1.82, 2.24) is 0 Å². The molecule has 0 bridgehead atoms. The monoisotopic (exact) mass is 326 g/mol. The molecule has 0 radical (unpaired) electrons. The van der Waals surface area contributed by atoms with Crippen molar-refractivity contribution in [2.75, 3.05) is 0 Å². The fraction of sp³-hybridized carbons (Fsp3) is 0.381. The second kappa shape index (κ2) is 9.11. The van der Waals surface area contributed by atoms with E-state index in [0.717, 1.165) is 23.3 Å². The molecule has 1 N–H and O–H groups in total. The number of carbonyl (C=O) groups is 1. The van der Waals surface area contributed by atoms with Crippen molar-refractivity contribution in [3.63, 3.8) is 0 Å². The van der Waals surface area contributed by atoms with Gasteiger partial charge in [0.25, 0.3) is 0 Å². The Kier molecular flexibility index (Phi) is 6.86. The summed E-state index contributed by atoms with van der Waals surface area (Å²) in [4.78, 5) is 10.9. The molecule has 0 saturated heterocycles. The molecule has 0 saturated carbocycles. The van der Waals surface area contributed by atoms with Gasteiger partial charge in [-0.25, -0.2) is 4.79 Å². The Labute approximate surface area is 144 Å². The van der Waals surface area contributed by atoms with Crippen molar-refractivity contribution < 1.29 is 14.6 Å². The first kappa shape index (κ1) is 18.1. The third kappa shape index (κ3) is 5.41. The van der Waals surface area contributed by atoms with Crippen LogP contribution in [0.4, 0.5) is 0 Å². The van der Waals surface area contributed by atoms with Gasteiger partial charge in [-0.05, 0) is 55.2 Å². The van der Waals surface area contributed by atoms with Crippen LogP contribution in [0.15, 0.2) is 48.5 Å². The summed E-state index contributed by atoms with van der Waals surface area (Å²) >= 11 is 0. The van der Waals surface area contributed by atoms with E-state index in [1.165, 1.54) is 25.7 Å². The summed E-state index contributed by atoms with van der Waals surface area (Å²) in [6, 6.07) is 14.9. The third-order valence-electron chi connectivity index (χ3n) is 4.12. The van der Waals surface area contributed by atoms with Gasteiger partial charge in [0.05, 0.1) is 11.7 Å². The van der Waals surface area contributed by atoms with E-state index in [4.69, 9.17) is 9.84 Å². The van der Waals surface area contributed by atoms with E-state index >= 15 is 0 Å². The lowest BCUT2D eigenvalue weighted by Gasteiger charge is -2.15. The van der Waals surface area contributed by atoms with Crippen LogP contribution in [0.2, 0.25) is 0 Å². The number of unbranched alkanes of at least 4 members (excludes halogenated alkanes) is 3. The summed E-state index contributed by atoms with van der Waals surface area (Å²) in [6.45, 7) is 4.33. The van der Waals surface area contributed by atoms with Crippen LogP contribution in [0.3, 0.4) is 0 Å². The maximum absolute atomic E-state index is 10.9. The van der Waals surface area contributed by atoms with Gasteiger partial charge in [0.2, 0.25) is 0 Å². The van der Waals surface area contributed by atoms with Gasteiger partial charge in [0.15, 0.2) is 0 Å². The lowest BCUT2D eigenvalue weighted by Crippen LogP contribution is -2.11.